The molecule has 0 aliphatic carbocycles. The van der Waals surface area contributed by atoms with Gasteiger partial charge in [0.15, 0.2) is 0 Å². The summed E-state index contributed by atoms with van der Waals surface area (Å²) in [6.45, 7) is 13.0. The quantitative estimate of drug-likeness (QED) is 0.620. The zero-order valence-electron chi connectivity index (χ0n) is 8.02. The van der Waals surface area contributed by atoms with Gasteiger partial charge in [0.05, 0.1) is 4.58 Å². The van der Waals surface area contributed by atoms with E-state index in [1.165, 1.54) is 12.2 Å². The molecule has 0 nitrogen and oxygen atoms in total. The fraction of sp³-hybridized carbons (Fsp3) is 0.889. The molecule has 0 N–H and O–H groups in total. The van der Waals surface area contributed by atoms with E-state index in [-0.39, 0.29) is 0 Å². The predicted octanol–water partition coefficient (Wildman–Crippen LogP) is 3.82. The molecule has 11 heavy (non-hydrogen) atoms. The lowest BCUT2D eigenvalue weighted by Gasteiger charge is -2.22. The Balaban J connectivity index is 3.44. The van der Waals surface area contributed by atoms with Gasteiger partial charge in [0.2, 0.25) is 0 Å². The van der Waals surface area contributed by atoms with Gasteiger partial charge >= 0.3 is 0 Å². The largest absolute Gasteiger partial charge is 0.148 e. The van der Waals surface area contributed by atoms with Gasteiger partial charge in [0, 0.05) is 4.75 Å². The van der Waals surface area contributed by atoms with Gasteiger partial charge in [-0.05, 0) is 19.1 Å². The standard InChI is InChI=1S/C9H19S2/c1-6-7-10-8(2)11-9(3,4)5/h8H,2,6-7H2,1,3-5H3. The molecule has 0 bridgehead atoms. The first-order valence-corrected chi connectivity index (χ1v) is 6.01. The summed E-state index contributed by atoms with van der Waals surface area (Å²) in [5.74, 6) is 1.23. The van der Waals surface area contributed by atoms with E-state index in [4.69, 9.17) is 0 Å². The van der Waals surface area contributed by atoms with Crippen molar-refractivity contribution in [3.05, 3.63) is 6.92 Å². The molecule has 0 saturated heterocycles. The third-order valence-corrected chi connectivity index (χ3v) is 3.68. The second-order valence-electron chi connectivity index (χ2n) is 3.53. The maximum atomic E-state index is 4.09. The summed E-state index contributed by atoms with van der Waals surface area (Å²) < 4.78 is 0.850. The van der Waals surface area contributed by atoms with Crippen molar-refractivity contribution in [1.82, 2.24) is 0 Å². The molecule has 67 valence electrons. The molecule has 0 spiro atoms. The van der Waals surface area contributed by atoms with Crippen LogP contribution in [0, 0.1) is 6.92 Å². The van der Waals surface area contributed by atoms with Gasteiger partial charge in [0.25, 0.3) is 0 Å². The summed E-state index contributed by atoms with van der Waals surface area (Å²) in [5, 5.41) is 0. The van der Waals surface area contributed by atoms with Crippen LogP contribution in [-0.4, -0.2) is 15.1 Å². The summed E-state index contributed by atoms with van der Waals surface area (Å²) in [7, 11) is 0. The molecular formula is C9H19S2. The summed E-state index contributed by atoms with van der Waals surface area (Å²) in [6, 6.07) is 0. The molecule has 0 aliphatic rings. The van der Waals surface area contributed by atoms with E-state index >= 15 is 0 Å². The lowest BCUT2D eigenvalue weighted by molar-refractivity contribution is 0.803. The monoisotopic (exact) mass is 191 g/mol. The number of hydrogen-bond donors (Lipinski definition) is 0. The van der Waals surface area contributed by atoms with Crippen LogP contribution in [0.25, 0.3) is 0 Å². The molecule has 0 aromatic rings. The van der Waals surface area contributed by atoms with E-state index in [0.29, 0.717) is 9.33 Å². The molecule has 2 heteroatoms. The van der Waals surface area contributed by atoms with Crippen LogP contribution < -0.4 is 0 Å². The highest BCUT2D eigenvalue weighted by Crippen LogP contribution is 2.33. The minimum atomic E-state index is 0.354. The first-order chi connectivity index (χ1) is 4.95. The lowest BCUT2D eigenvalue weighted by atomic mass is 10.3. The summed E-state index contributed by atoms with van der Waals surface area (Å²) in [4.78, 5) is 0. The van der Waals surface area contributed by atoms with E-state index in [2.05, 4.69) is 34.6 Å². The Labute approximate surface area is 79.9 Å². The van der Waals surface area contributed by atoms with Crippen LogP contribution >= 0.6 is 23.5 Å². The molecular weight excluding hydrogens is 172 g/mol. The van der Waals surface area contributed by atoms with Crippen molar-refractivity contribution < 1.29 is 0 Å². The maximum absolute atomic E-state index is 4.09. The van der Waals surface area contributed by atoms with Gasteiger partial charge in [-0.15, -0.1) is 23.5 Å². The topological polar surface area (TPSA) is 0 Å². The Morgan fingerprint density at radius 1 is 1.36 bits per heavy atom. The Morgan fingerprint density at radius 2 is 1.91 bits per heavy atom. The lowest BCUT2D eigenvalue weighted by Crippen LogP contribution is -2.11. The SMILES string of the molecule is [CH2]C(SCCC)SC(C)(C)C. The fourth-order valence-corrected chi connectivity index (χ4v) is 3.39. The molecule has 0 heterocycles. The van der Waals surface area contributed by atoms with Crippen LogP contribution in [0.4, 0.5) is 0 Å². The molecule has 1 radical (unpaired) electrons. The van der Waals surface area contributed by atoms with E-state index in [1.807, 2.05) is 23.5 Å². The Bertz CT molecular complexity index is 94.2. The van der Waals surface area contributed by atoms with Gasteiger partial charge in [-0.3, -0.25) is 0 Å². The average molecular weight is 191 g/mol. The van der Waals surface area contributed by atoms with Crippen LogP contribution in [0.15, 0.2) is 0 Å². The van der Waals surface area contributed by atoms with Gasteiger partial charge < -0.3 is 0 Å². The predicted molar refractivity (Wildman–Crippen MR) is 59.2 cm³/mol. The summed E-state index contributed by atoms with van der Waals surface area (Å²) in [6.07, 6.45) is 1.25. The van der Waals surface area contributed by atoms with Crippen molar-refractivity contribution in [1.29, 1.82) is 0 Å². The van der Waals surface area contributed by atoms with Crippen molar-refractivity contribution in [2.75, 3.05) is 5.75 Å². The van der Waals surface area contributed by atoms with Crippen molar-refractivity contribution in [2.45, 2.75) is 43.4 Å². The highest BCUT2D eigenvalue weighted by atomic mass is 32.2. The second kappa shape index (κ2) is 5.36. The third kappa shape index (κ3) is 8.61. The summed E-state index contributed by atoms with van der Waals surface area (Å²) in [5.41, 5.74) is 0. The number of thioether (sulfide) groups is 2. The highest BCUT2D eigenvalue weighted by Gasteiger charge is 2.15. The van der Waals surface area contributed by atoms with Gasteiger partial charge in [-0.2, -0.15) is 0 Å². The molecule has 1 unspecified atom stereocenters. The smallest absolute Gasteiger partial charge is 0.0508 e. The molecule has 0 saturated carbocycles. The van der Waals surface area contributed by atoms with Crippen molar-refractivity contribution in [3.63, 3.8) is 0 Å². The first kappa shape index (κ1) is 11.7. The van der Waals surface area contributed by atoms with Gasteiger partial charge in [0.1, 0.15) is 0 Å². The third-order valence-electron chi connectivity index (χ3n) is 0.993. The minimum Gasteiger partial charge on any atom is -0.148 e. The Kier molecular flexibility index (Phi) is 5.71. The van der Waals surface area contributed by atoms with E-state index in [0.717, 1.165) is 0 Å². The molecule has 0 fully saturated rings. The Hall–Kier alpha value is 0.700. The molecule has 0 rings (SSSR count). The average Bonchev–Trinajstić information content (AvgIpc) is 1.79. The fourth-order valence-electron chi connectivity index (χ4n) is 0.678. The normalized spacial score (nSPS) is 15.0. The maximum Gasteiger partial charge on any atom is 0.0508 e. The van der Waals surface area contributed by atoms with Crippen LogP contribution in [0.1, 0.15) is 34.1 Å². The number of hydrogen-bond acceptors (Lipinski definition) is 2. The van der Waals surface area contributed by atoms with Crippen molar-refractivity contribution in [2.24, 2.45) is 0 Å². The van der Waals surface area contributed by atoms with E-state index in [1.54, 1.807) is 0 Å². The molecule has 0 aliphatic heterocycles. The van der Waals surface area contributed by atoms with Crippen molar-refractivity contribution >= 4 is 23.5 Å². The molecule has 1 atom stereocenters. The first-order valence-electron chi connectivity index (χ1n) is 4.08. The van der Waals surface area contributed by atoms with Crippen molar-refractivity contribution in [3.8, 4) is 0 Å². The van der Waals surface area contributed by atoms with Gasteiger partial charge in [-0.25, -0.2) is 0 Å². The highest BCUT2D eigenvalue weighted by molar-refractivity contribution is 8.17. The molecule has 0 amide bonds. The second-order valence-corrected chi connectivity index (χ2v) is 7.17. The van der Waals surface area contributed by atoms with E-state index in [9.17, 15) is 0 Å². The summed E-state index contributed by atoms with van der Waals surface area (Å²) >= 11 is 3.90. The molecule has 0 aromatic carbocycles. The minimum absolute atomic E-state index is 0.354. The zero-order valence-corrected chi connectivity index (χ0v) is 9.65. The van der Waals surface area contributed by atoms with Crippen LogP contribution in [-0.2, 0) is 0 Å². The van der Waals surface area contributed by atoms with E-state index < -0.39 is 0 Å². The van der Waals surface area contributed by atoms with Crippen LogP contribution in [0.3, 0.4) is 0 Å². The molecule has 0 aromatic heterocycles. The Morgan fingerprint density at radius 3 is 2.27 bits per heavy atom. The van der Waals surface area contributed by atoms with Crippen LogP contribution in [0.2, 0.25) is 0 Å². The zero-order chi connectivity index (χ0) is 8.91. The number of rotatable bonds is 4. The van der Waals surface area contributed by atoms with Crippen LogP contribution in [0.5, 0.6) is 0 Å². The van der Waals surface area contributed by atoms with Gasteiger partial charge in [-0.1, -0.05) is 27.7 Å².